The zero-order valence-electron chi connectivity index (χ0n) is 7.40. The molecule has 0 aromatic carbocycles. The summed E-state index contributed by atoms with van der Waals surface area (Å²) in [4.78, 5) is 0. The van der Waals surface area contributed by atoms with Crippen LogP contribution in [0.4, 0.5) is 0 Å². The van der Waals surface area contributed by atoms with E-state index in [4.69, 9.17) is 10.5 Å². The molecule has 1 aromatic rings. The van der Waals surface area contributed by atoms with Crippen molar-refractivity contribution in [1.82, 2.24) is 10.3 Å². The molecule has 2 N–H and O–H groups in total. The van der Waals surface area contributed by atoms with Crippen LogP contribution in [0.5, 0.6) is 5.88 Å². The van der Waals surface area contributed by atoms with E-state index in [0.29, 0.717) is 24.9 Å². The Hall–Kier alpha value is -1.10. The van der Waals surface area contributed by atoms with Gasteiger partial charge in [0.15, 0.2) is 5.69 Å². The van der Waals surface area contributed by atoms with Crippen LogP contribution in [0.3, 0.4) is 0 Å². The monoisotopic (exact) mass is 183 g/mol. The average molecular weight is 183 g/mol. The molecule has 0 atom stereocenters. The maximum Gasteiger partial charge on any atom is 0.279 e. The van der Waals surface area contributed by atoms with Crippen molar-refractivity contribution in [2.75, 3.05) is 13.2 Å². The molecular weight excluding hydrogens is 170 g/mol. The Balaban J connectivity index is 2.02. The SMILES string of the molecule is NCCOc1nonc1C1CCC1. The lowest BCUT2D eigenvalue weighted by atomic mass is 9.83. The third-order valence-corrected chi connectivity index (χ3v) is 2.33. The summed E-state index contributed by atoms with van der Waals surface area (Å²) >= 11 is 0. The minimum Gasteiger partial charge on any atom is -0.473 e. The molecule has 0 aliphatic heterocycles. The average Bonchev–Trinajstić information content (AvgIpc) is 2.46. The van der Waals surface area contributed by atoms with Gasteiger partial charge in [-0.25, -0.2) is 4.63 Å². The van der Waals surface area contributed by atoms with Gasteiger partial charge in [0.05, 0.1) is 0 Å². The van der Waals surface area contributed by atoms with Gasteiger partial charge in [0.2, 0.25) is 0 Å². The lowest BCUT2D eigenvalue weighted by Gasteiger charge is -2.22. The van der Waals surface area contributed by atoms with E-state index < -0.39 is 0 Å². The predicted octanol–water partition coefficient (Wildman–Crippen LogP) is 0.675. The van der Waals surface area contributed by atoms with E-state index in [9.17, 15) is 0 Å². The number of aromatic nitrogens is 2. The zero-order chi connectivity index (χ0) is 9.10. The van der Waals surface area contributed by atoms with Crippen molar-refractivity contribution in [3.8, 4) is 5.88 Å². The van der Waals surface area contributed by atoms with Gasteiger partial charge in [0.25, 0.3) is 5.88 Å². The minimum absolute atomic E-state index is 0.466. The zero-order valence-corrected chi connectivity index (χ0v) is 7.40. The summed E-state index contributed by atoms with van der Waals surface area (Å²) in [5, 5.41) is 7.53. The smallest absolute Gasteiger partial charge is 0.279 e. The second-order valence-electron chi connectivity index (χ2n) is 3.22. The third-order valence-electron chi connectivity index (χ3n) is 2.33. The molecule has 1 aromatic heterocycles. The van der Waals surface area contributed by atoms with Crippen LogP contribution in [0.1, 0.15) is 30.9 Å². The van der Waals surface area contributed by atoms with Gasteiger partial charge in [0, 0.05) is 12.5 Å². The van der Waals surface area contributed by atoms with Crippen molar-refractivity contribution in [3.63, 3.8) is 0 Å². The van der Waals surface area contributed by atoms with E-state index >= 15 is 0 Å². The van der Waals surface area contributed by atoms with Crippen molar-refractivity contribution in [2.45, 2.75) is 25.2 Å². The van der Waals surface area contributed by atoms with Gasteiger partial charge in [-0.1, -0.05) is 11.6 Å². The molecule has 5 nitrogen and oxygen atoms in total. The molecule has 1 saturated carbocycles. The second-order valence-corrected chi connectivity index (χ2v) is 3.22. The Kier molecular flexibility index (Phi) is 2.44. The molecular formula is C8H13N3O2. The number of nitrogens with zero attached hydrogens (tertiary/aromatic N) is 2. The van der Waals surface area contributed by atoms with Crippen molar-refractivity contribution in [3.05, 3.63) is 5.69 Å². The number of ether oxygens (including phenoxy) is 1. The molecule has 1 aliphatic carbocycles. The standard InChI is InChI=1S/C8H13N3O2/c9-4-5-12-8-7(10-13-11-8)6-2-1-3-6/h6H,1-5,9H2. The van der Waals surface area contributed by atoms with Crippen LogP contribution in [0, 0.1) is 0 Å². The van der Waals surface area contributed by atoms with Crippen LogP contribution in [0.15, 0.2) is 4.63 Å². The Morgan fingerprint density at radius 3 is 2.92 bits per heavy atom. The number of rotatable bonds is 4. The Bertz CT molecular complexity index is 270. The fourth-order valence-corrected chi connectivity index (χ4v) is 1.37. The number of nitrogens with two attached hydrogens (primary N) is 1. The summed E-state index contributed by atoms with van der Waals surface area (Å²) in [5.41, 5.74) is 6.17. The highest BCUT2D eigenvalue weighted by molar-refractivity contribution is 5.21. The highest BCUT2D eigenvalue weighted by Gasteiger charge is 2.27. The molecule has 0 unspecified atom stereocenters. The molecule has 0 bridgehead atoms. The van der Waals surface area contributed by atoms with Crippen LogP contribution in [0.25, 0.3) is 0 Å². The van der Waals surface area contributed by atoms with Crippen molar-refractivity contribution < 1.29 is 9.37 Å². The highest BCUT2D eigenvalue weighted by Crippen LogP contribution is 2.38. The molecule has 0 amide bonds. The summed E-state index contributed by atoms with van der Waals surface area (Å²) in [6.07, 6.45) is 3.58. The summed E-state index contributed by atoms with van der Waals surface area (Å²) in [6.45, 7) is 0.949. The number of hydrogen-bond acceptors (Lipinski definition) is 5. The molecule has 13 heavy (non-hydrogen) atoms. The Morgan fingerprint density at radius 1 is 1.46 bits per heavy atom. The molecule has 72 valence electrons. The summed E-state index contributed by atoms with van der Waals surface area (Å²) < 4.78 is 9.92. The fourth-order valence-electron chi connectivity index (χ4n) is 1.37. The van der Waals surface area contributed by atoms with Gasteiger partial charge in [-0.05, 0) is 18.0 Å². The van der Waals surface area contributed by atoms with Gasteiger partial charge in [-0.2, -0.15) is 0 Å². The Morgan fingerprint density at radius 2 is 2.31 bits per heavy atom. The Labute approximate surface area is 76.2 Å². The first kappa shape index (κ1) is 8.50. The quantitative estimate of drug-likeness (QED) is 0.742. The van der Waals surface area contributed by atoms with Crippen LogP contribution < -0.4 is 10.5 Å². The normalized spacial score (nSPS) is 17.0. The molecule has 0 saturated heterocycles. The maximum absolute atomic E-state index is 5.31. The van der Waals surface area contributed by atoms with E-state index in [1.165, 1.54) is 6.42 Å². The lowest BCUT2D eigenvalue weighted by Crippen LogP contribution is -2.14. The van der Waals surface area contributed by atoms with Crippen LogP contribution in [-0.2, 0) is 0 Å². The summed E-state index contributed by atoms with van der Waals surface area (Å²) in [7, 11) is 0. The molecule has 0 radical (unpaired) electrons. The molecule has 1 fully saturated rings. The van der Waals surface area contributed by atoms with E-state index in [0.717, 1.165) is 18.5 Å². The minimum atomic E-state index is 0.466. The first-order valence-corrected chi connectivity index (χ1v) is 4.57. The van der Waals surface area contributed by atoms with Crippen molar-refractivity contribution in [1.29, 1.82) is 0 Å². The summed E-state index contributed by atoms with van der Waals surface area (Å²) in [6, 6.07) is 0. The predicted molar refractivity (Wildman–Crippen MR) is 45.4 cm³/mol. The topological polar surface area (TPSA) is 74.2 Å². The first-order valence-electron chi connectivity index (χ1n) is 4.57. The third kappa shape index (κ3) is 1.65. The van der Waals surface area contributed by atoms with Crippen LogP contribution in [0.2, 0.25) is 0 Å². The molecule has 1 heterocycles. The second kappa shape index (κ2) is 3.74. The summed E-state index contributed by atoms with van der Waals surface area (Å²) in [5.74, 6) is 1.01. The van der Waals surface area contributed by atoms with Crippen molar-refractivity contribution >= 4 is 0 Å². The van der Waals surface area contributed by atoms with Crippen molar-refractivity contribution in [2.24, 2.45) is 5.73 Å². The fraction of sp³-hybridized carbons (Fsp3) is 0.750. The highest BCUT2D eigenvalue weighted by atomic mass is 16.6. The number of hydrogen-bond donors (Lipinski definition) is 1. The van der Waals surface area contributed by atoms with Gasteiger partial charge in [-0.3, -0.25) is 0 Å². The molecule has 2 rings (SSSR count). The molecule has 0 spiro atoms. The maximum atomic E-state index is 5.31. The van der Waals surface area contributed by atoms with E-state index in [-0.39, 0.29) is 0 Å². The first-order chi connectivity index (χ1) is 6.42. The largest absolute Gasteiger partial charge is 0.473 e. The van der Waals surface area contributed by atoms with Crippen LogP contribution >= 0.6 is 0 Å². The van der Waals surface area contributed by atoms with E-state index in [1.807, 2.05) is 0 Å². The molecule has 5 heteroatoms. The molecule has 1 aliphatic rings. The van der Waals surface area contributed by atoms with Gasteiger partial charge < -0.3 is 10.5 Å². The van der Waals surface area contributed by atoms with Crippen LogP contribution in [-0.4, -0.2) is 23.5 Å². The van der Waals surface area contributed by atoms with Gasteiger partial charge in [-0.15, -0.1) is 0 Å². The van der Waals surface area contributed by atoms with Gasteiger partial charge in [0.1, 0.15) is 6.61 Å². The van der Waals surface area contributed by atoms with E-state index in [1.54, 1.807) is 0 Å². The lowest BCUT2D eigenvalue weighted by molar-refractivity contribution is 0.260. The van der Waals surface area contributed by atoms with Gasteiger partial charge >= 0.3 is 0 Å². The van der Waals surface area contributed by atoms with E-state index in [2.05, 4.69) is 14.9 Å².